The van der Waals surface area contributed by atoms with E-state index in [1.807, 2.05) is 0 Å². The van der Waals surface area contributed by atoms with Crippen molar-refractivity contribution in [2.45, 2.75) is 11.8 Å². The number of anilines is 2. The summed E-state index contributed by atoms with van der Waals surface area (Å²) in [5, 5.41) is 2.10. The molecular weight excluding hydrogens is 418 g/mol. The van der Waals surface area contributed by atoms with Crippen LogP contribution in [0.1, 0.15) is 5.69 Å². The third-order valence-electron chi connectivity index (χ3n) is 2.13. The molecule has 0 aliphatic heterocycles. The molecule has 0 spiro atoms. The van der Waals surface area contributed by atoms with Crippen LogP contribution in [-0.4, -0.2) is 13.4 Å². The lowest BCUT2D eigenvalue weighted by Gasteiger charge is -2.10. The predicted octanol–water partition coefficient (Wildman–Crippen LogP) is 3.36. The van der Waals surface area contributed by atoms with Crippen molar-refractivity contribution in [3.8, 4) is 0 Å². The first kappa shape index (κ1) is 14.8. The van der Waals surface area contributed by atoms with Crippen LogP contribution in [0.4, 0.5) is 10.8 Å². The van der Waals surface area contributed by atoms with Gasteiger partial charge in [0.05, 0.1) is 5.69 Å². The van der Waals surface area contributed by atoms with Gasteiger partial charge >= 0.3 is 0 Å². The zero-order valence-electron chi connectivity index (χ0n) is 9.65. The zero-order valence-corrected chi connectivity index (χ0v) is 14.5. The van der Waals surface area contributed by atoms with Crippen LogP contribution in [0.2, 0.25) is 0 Å². The number of nitrogen functional groups attached to an aromatic ring is 1. The van der Waals surface area contributed by atoms with E-state index in [2.05, 4.69) is 41.6 Å². The molecule has 2 aromatic rings. The van der Waals surface area contributed by atoms with E-state index < -0.39 is 10.0 Å². The van der Waals surface area contributed by atoms with Crippen molar-refractivity contribution >= 4 is 64.0 Å². The Balaban J connectivity index is 2.45. The Morgan fingerprint density at radius 3 is 2.37 bits per heavy atom. The highest BCUT2D eigenvalue weighted by molar-refractivity contribution is 9.11. The molecule has 5 nitrogen and oxygen atoms in total. The predicted molar refractivity (Wildman–Crippen MR) is 83.9 cm³/mol. The molecule has 0 unspecified atom stereocenters. The molecule has 0 aliphatic rings. The van der Waals surface area contributed by atoms with Crippen LogP contribution in [0.5, 0.6) is 0 Å². The van der Waals surface area contributed by atoms with Crippen molar-refractivity contribution in [1.82, 2.24) is 4.98 Å². The summed E-state index contributed by atoms with van der Waals surface area (Å²) in [7, 11) is -3.73. The molecule has 1 aromatic carbocycles. The normalized spacial score (nSPS) is 11.5. The lowest BCUT2D eigenvalue weighted by Crippen LogP contribution is -2.14. The highest BCUT2D eigenvalue weighted by Crippen LogP contribution is 2.33. The van der Waals surface area contributed by atoms with Gasteiger partial charge in [0.2, 0.25) is 0 Å². The maximum atomic E-state index is 12.3. The minimum absolute atomic E-state index is 0.0922. The van der Waals surface area contributed by atoms with Crippen LogP contribution in [0.3, 0.4) is 0 Å². The minimum Gasteiger partial charge on any atom is -0.399 e. The van der Waals surface area contributed by atoms with Crippen molar-refractivity contribution in [2.75, 3.05) is 10.5 Å². The number of halogens is 2. The maximum Gasteiger partial charge on any atom is 0.265 e. The number of nitrogens with zero attached hydrogens (tertiary/aromatic N) is 1. The Morgan fingerprint density at radius 1 is 1.32 bits per heavy atom. The van der Waals surface area contributed by atoms with Gasteiger partial charge in [-0.1, -0.05) is 0 Å². The van der Waals surface area contributed by atoms with E-state index in [-0.39, 0.29) is 4.90 Å². The van der Waals surface area contributed by atoms with Crippen LogP contribution in [0.15, 0.2) is 31.4 Å². The third-order valence-corrected chi connectivity index (χ3v) is 6.35. The van der Waals surface area contributed by atoms with Gasteiger partial charge in [-0.15, -0.1) is 11.3 Å². The second-order valence-corrected chi connectivity index (χ2v) is 7.90. The lowest BCUT2D eigenvalue weighted by molar-refractivity contribution is 0.600. The van der Waals surface area contributed by atoms with E-state index >= 15 is 0 Å². The number of hydrogen-bond acceptors (Lipinski definition) is 5. The van der Waals surface area contributed by atoms with E-state index in [9.17, 15) is 8.42 Å². The summed E-state index contributed by atoms with van der Waals surface area (Å²) in [6.07, 6.45) is 0. The molecule has 0 saturated carbocycles. The fourth-order valence-corrected chi connectivity index (χ4v) is 5.97. The van der Waals surface area contributed by atoms with Gasteiger partial charge in [0.1, 0.15) is 4.90 Å². The fraction of sp³-hybridized carbons (Fsp3) is 0.100. The molecule has 1 aromatic heterocycles. The van der Waals surface area contributed by atoms with Gasteiger partial charge < -0.3 is 5.73 Å². The molecule has 102 valence electrons. The first-order valence-corrected chi connectivity index (χ1v) is 8.94. The number of aromatic nitrogens is 1. The smallest absolute Gasteiger partial charge is 0.265 e. The van der Waals surface area contributed by atoms with Crippen LogP contribution in [0.25, 0.3) is 0 Å². The van der Waals surface area contributed by atoms with Crippen molar-refractivity contribution in [2.24, 2.45) is 0 Å². The Bertz CT molecular complexity index is 705. The molecule has 9 heteroatoms. The highest BCUT2D eigenvalue weighted by Gasteiger charge is 2.22. The summed E-state index contributed by atoms with van der Waals surface area (Å²) >= 11 is 7.64. The molecule has 1 heterocycles. The standard InChI is InChI=1S/C10H9Br2N3O2S2/c1-5-4-18-10(14-5)15-19(16,17)9-7(11)2-6(13)3-8(9)12/h2-4H,13H2,1H3,(H,14,15). The summed E-state index contributed by atoms with van der Waals surface area (Å²) in [6.45, 7) is 1.79. The average Bonchev–Trinajstić information content (AvgIpc) is 2.60. The molecule has 0 radical (unpaired) electrons. The van der Waals surface area contributed by atoms with Crippen molar-refractivity contribution in [1.29, 1.82) is 0 Å². The number of benzene rings is 1. The summed E-state index contributed by atoms with van der Waals surface area (Å²) in [5.74, 6) is 0. The minimum atomic E-state index is -3.73. The Hall–Kier alpha value is -0.640. The van der Waals surface area contributed by atoms with Crippen molar-refractivity contribution < 1.29 is 8.42 Å². The largest absolute Gasteiger partial charge is 0.399 e. The van der Waals surface area contributed by atoms with Crippen molar-refractivity contribution in [3.63, 3.8) is 0 Å². The summed E-state index contributed by atoms with van der Waals surface area (Å²) in [5.41, 5.74) is 6.87. The molecular formula is C10H9Br2N3O2S2. The lowest BCUT2D eigenvalue weighted by atomic mass is 10.3. The average molecular weight is 427 g/mol. The summed E-state index contributed by atoms with van der Waals surface area (Å²) in [4.78, 5) is 4.16. The number of sulfonamides is 1. The van der Waals surface area contributed by atoms with Gasteiger partial charge in [-0.3, -0.25) is 4.72 Å². The van der Waals surface area contributed by atoms with E-state index in [4.69, 9.17) is 5.73 Å². The highest BCUT2D eigenvalue weighted by atomic mass is 79.9. The quantitative estimate of drug-likeness (QED) is 0.736. The van der Waals surface area contributed by atoms with Crippen LogP contribution >= 0.6 is 43.2 Å². The number of rotatable bonds is 3. The van der Waals surface area contributed by atoms with Gasteiger partial charge in [0.15, 0.2) is 5.13 Å². The molecule has 0 saturated heterocycles. The number of aryl methyl sites for hydroxylation is 1. The number of thiazole rings is 1. The molecule has 2 rings (SSSR count). The van der Waals surface area contributed by atoms with E-state index in [0.29, 0.717) is 19.8 Å². The van der Waals surface area contributed by atoms with E-state index in [1.165, 1.54) is 23.5 Å². The third kappa shape index (κ3) is 3.28. The molecule has 3 N–H and O–H groups in total. The fourth-order valence-electron chi connectivity index (χ4n) is 1.40. The maximum absolute atomic E-state index is 12.3. The van der Waals surface area contributed by atoms with Crippen molar-refractivity contribution in [3.05, 3.63) is 32.2 Å². The van der Waals surface area contributed by atoms with Gasteiger partial charge in [-0.25, -0.2) is 13.4 Å². The molecule has 0 bridgehead atoms. The van der Waals surface area contributed by atoms with Crippen LogP contribution in [-0.2, 0) is 10.0 Å². The van der Waals surface area contributed by atoms with Crippen LogP contribution in [0, 0.1) is 6.92 Å². The molecule has 0 atom stereocenters. The summed E-state index contributed by atoms with van der Waals surface area (Å²) < 4.78 is 27.9. The second-order valence-electron chi connectivity index (χ2n) is 3.71. The summed E-state index contributed by atoms with van der Waals surface area (Å²) in [6, 6.07) is 3.07. The second kappa shape index (κ2) is 5.39. The Kier molecular flexibility index (Phi) is 4.19. The molecule has 0 amide bonds. The van der Waals surface area contributed by atoms with Gasteiger partial charge in [-0.05, 0) is 50.9 Å². The molecule has 19 heavy (non-hydrogen) atoms. The zero-order chi connectivity index (χ0) is 14.2. The molecule has 0 aliphatic carbocycles. The van der Waals surface area contributed by atoms with E-state index in [0.717, 1.165) is 5.69 Å². The molecule has 0 fully saturated rings. The van der Waals surface area contributed by atoms with Gasteiger partial charge in [0, 0.05) is 20.0 Å². The Labute approximate surface area is 131 Å². The monoisotopic (exact) mass is 425 g/mol. The van der Waals surface area contributed by atoms with Crippen LogP contribution < -0.4 is 10.5 Å². The van der Waals surface area contributed by atoms with Gasteiger partial charge in [-0.2, -0.15) is 0 Å². The number of nitrogens with two attached hydrogens (primary N) is 1. The topological polar surface area (TPSA) is 85.1 Å². The first-order valence-electron chi connectivity index (χ1n) is 4.99. The first-order chi connectivity index (χ1) is 8.79. The number of nitrogens with one attached hydrogen (secondary N) is 1. The SMILES string of the molecule is Cc1csc(NS(=O)(=O)c2c(Br)cc(N)cc2Br)n1. The Morgan fingerprint density at radius 2 is 1.89 bits per heavy atom. The van der Waals surface area contributed by atoms with E-state index in [1.54, 1.807) is 12.3 Å². The van der Waals surface area contributed by atoms with Gasteiger partial charge in [0.25, 0.3) is 10.0 Å². The number of hydrogen-bond donors (Lipinski definition) is 2.